The van der Waals surface area contributed by atoms with Crippen LogP contribution in [0.1, 0.15) is 12.8 Å². The molecular formula is C12H15N3O3S. The van der Waals surface area contributed by atoms with Gasteiger partial charge in [0, 0.05) is 19.3 Å². The molecular weight excluding hydrogens is 266 g/mol. The topological polar surface area (TPSA) is 79.4 Å². The van der Waals surface area contributed by atoms with Crippen molar-refractivity contribution in [1.82, 2.24) is 9.29 Å². The van der Waals surface area contributed by atoms with Gasteiger partial charge in [0.05, 0.1) is 23.1 Å². The van der Waals surface area contributed by atoms with Crippen molar-refractivity contribution in [2.75, 3.05) is 18.4 Å². The Bertz CT molecular complexity index is 577. The van der Waals surface area contributed by atoms with Crippen molar-refractivity contribution in [3.8, 4) is 0 Å². The number of aromatic nitrogens is 1. The zero-order valence-electron chi connectivity index (χ0n) is 10.3. The van der Waals surface area contributed by atoms with E-state index in [0.717, 1.165) is 12.8 Å². The summed E-state index contributed by atoms with van der Waals surface area (Å²) in [6.45, 7) is 0.593. The molecule has 1 aliphatic heterocycles. The maximum atomic E-state index is 11.9. The molecule has 1 saturated heterocycles. The number of amides is 1. The first kappa shape index (κ1) is 12.6. The number of hydrogen-bond donors (Lipinski definition) is 1. The van der Waals surface area contributed by atoms with E-state index in [1.807, 2.05) is 0 Å². The molecule has 1 saturated carbocycles. The van der Waals surface area contributed by atoms with Gasteiger partial charge in [-0.2, -0.15) is 4.31 Å². The number of nitrogens with one attached hydrogen (secondary N) is 1. The van der Waals surface area contributed by atoms with E-state index in [9.17, 15) is 13.2 Å². The predicted molar refractivity (Wildman–Crippen MR) is 69.9 cm³/mol. The first-order valence-electron chi connectivity index (χ1n) is 6.27. The van der Waals surface area contributed by atoms with Gasteiger partial charge in [0.2, 0.25) is 15.9 Å². The van der Waals surface area contributed by atoms with Gasteiger partial charge < -0.3 is 5.32 Å². The normalized spacial score (nSPS) is 20.8. The molecule has 3 rings (SSSR count). The van der Waals surface area contributed by atoms with E-state index in [0.29, 0.717) is 18.8 Å². The predicted octanol–water partition coefficient (Wildman–Crippen LogP) is 0.444. The number of carbonyl (C=O) groups excluding carboxylic acids is 1. The maximum Gasteiger partial charge on any atom is 0.230 e. The lowest BCUT2D eigenvalue weighted by molar-refractivity contribution is -0.122. The molecule has 0 atom stereocenters. The highest BCUT2D eigenvalue weighted by Crippen LogP contribution is 2.34. The van der Waals surface area contributed by atoms with Crippen molar-refractivity contribution in [3.05, 3.63) is 24.5 Å². The molecule has 0 unspecified atom stereocenters. The molecule has 1 aliphatic carbocycles. The summed E-state index contributed by atoms with van der Waals surface area (Å²) in [6.07, 6.45) is 4.70. The molecule has 7 heteroatoms. The molecule has 1 aromatic heterocycles. The van der Waals surface area contributed by atoms with Crippen molar-refractivity contribution >= 4 is 21.6 Å². The summed E-state index contributed by atoms with van der Waals surface area (Å²) in [6, 6.07) is 3.49. The highest BCUT2D eigenvalue weighted by molar-refractivity contribution is 7.90. The van der Waals surface area contributed by atoms with Crippen LogP contribution in [0, 0.1) is 5.92 Å². The average Bonchev–Trinajstić information content (AvgIpc) is 3.11. The van der Waals surface area contributed by atoms with Crippen molar-refractivity contribution in [1.29, 1.82) is 0 Å². The smallest absolute Gasteiger partial charge is 0.230 e. The Morgan fingerprint density at radius 1 is 1.37 bits per heavy atom. The van der Waals surface area contributed by atoms with E-state index in [1.165, 1.54) is 4.31 Å². The van der Waals surface area contributed by atoms with Crippen molar-refractivity contribution in [3.63, 3.8) is 0 Å². The monoisotopic (exact) mass is 281 g/mol. The summed E-state index contributed by atoms with van der Waals surface area (Å²) in [5.74, 6) is -0.399. The third-order valence-corrected chi connectivity index (χ3v) is 5.79. The number of anilines is 1. The number of pyridine rings is 1. The molecule has 1 aromatic rings. The van der Waals surface area contributed by atoms with Gasteiger partial charge in [-0.25, -0.2) is 8.42 Å². The Morgan fingerprint density at radius 2 is 2.11 bits per heavy atom. The molecule has 0 bridgehead atoms. The molecule has 0 radical (unpaired) electrons. The Morgan fingerprint density at radius 3 is 2.68 bits per heavy atom. The second-order valence-corrected chi connectivity index (χ2v) is 7.20. The Kier molecular flexibility index (Phi) is 3.02. The van der Waals surface area contributed by atoms with E-state index in [2.05, 4.69) is 10.3 Å². The van der Waals surface area contributed by atoms with Crippen molar-refractivity contribution < 1.29 is 13.2 Å². The molecule has 2 heterocycles. The summed E-state index contributed by atoms with van der Waals surface area (Å²) >= 11 is 0. The van der Waals surface area contributed by atoms with Crippen LogP contribution in [0.2, 0.25) is 0 Å². The summed E-state index contributed by atoms with van der Waals surface area (Å²) in [4.78, 5) is 15.8. The fourth-order valence-corrected chi connectivity index (χ4v) is 4.00. The van der Waals surface area contributed by atoms with Gasteiger partial charge in [-0.05, 0) is 25.0 Å². The second kappa shape index (κ2) is 4.57. The maximum absolute atomic E-state index is 11.9. The Hall–Kier alpha value is -1.47. The molecule has 0 aromatic carbocycles. The molecule has 2 fully saturated rings. The first-order chi connectivity index (χ1) is 9.07. The van der Waals surface area contributed by atoms with E-state index >= 15 is 0 Å². The minimum Gasteiger partial charge on any atom is -0.324 e. The largest absolute Gasteiger partial charge is 0.324 e. The Labute approximate surface area is 111 Å². The lowest BCUT2D eigenvalue weighted by Crippen LogP contribution is -2.55. The van der Waals surface area contributed by atoms with Gasteiger partial charge in [-0.15, -0.1) is 0 Å². The molecule has 6 nitrogen and oxygen atoms in total. The van der Waals surface area contributed by atoms with E-state index < -0.39 is 10.0 Å². The fraction of sp³-hybridized carbons (Fsp3) is 0.500. The minimum absolute atomic E-state index is 0.143. The number of hydrogen-bond acceptors (Lipinski definition) is 4. The van der Waals surface area contributed by atoms with Crippen LogP contribution in [0.4, 0.5) is 5.69 Å². The van der Waals surface area contributed by atoms with E-state index in [1.54, 1.807) is 24.5 Å². The standard InChI is InChI=1S/C12H15N3O3S/c16-12(14-10-2-1-5-13-6-10)9-7-15(8-9)19(17,18)11-3-4-11/h1-2,5-6,9,11H,3-4,7-8H2,(H,14,16). The molecule has 19 heavy (non-hydrogen) atoms. The van der Waals surface area contributed by atoms with E-state index in [-0.39, 0.29) is 17.1 Å². The zero-order valence-corrected chi connectivity index (χ0v) is 11.1. The second-order valence-electron chi connectivity index (χ2n) is 4.99. The molecule has 2 aliphatic rings. The number of nitrogens with zero attached hydrogens (tertiary/aromatic N) is 2. The quantitative estimate of drug-likeness (QED) is 0.868. The van der Waals surface area contributed by atoms with Crippen LogP contribution >= 0.6 is 0 Å². The number of sulfonamides is 1. The summed E-state index contributed by atoms with van der Waals surface area (Å²) in [5, 5.41) is 2.54. The van der Waals surface area contributed by atoms with Gasteiger partial charge in [0.15, 0.2) is 0 Å². The Balaban J connectivity index is 1.54. The minimum atomic E-state index is -3.13. The summed E-state index contributed by atoms with van der Waals surface area (Å²) < 4.78 is 25.2. The number of rotatable bonds is 4. The number of carbonyl (C=O) groups is 1. The van der Waals surface area contributed by atoms with Gasteiger partial charge in [-0.3, -0.25) is 9.78 Å². The lowest BCUT2D eigenvalue weighted by atomic mass is 10.0. The van der Waals surface area contributed by atoms with Crippen LogP contribution in [-0.2, 0) is 14.8 Å². The lowest BCUT2D eigenvalue weighted by Gasteiger charge is -2.37. The highest BCUT2D eigenvalue weighted by Gasteiger charge is 2.46. The van der Waals surface area contributed by atoms with Crippen LogP contribution in [0.3, 0.4) is 0 Å². The molecule has 1 amide bonds. The van der Waals surface area contributed by atoms with Crippen LogP contribution in [0.15, 0.2) is 24.5 Å². The van der Waals surface area contributed by atoms with Crippen LogP contribution in [0.5, 0.6) is 0 Å². The summed E-state index contributed by atoms with van der Waals surface area (Å²) in [5.41, 5.74) is 0.635. The zero-order chi connectivity index (χ0) is 13.5. The SMILES string of the molecule is O=C(Nc1cccnc1)C1CN(S(=O)(=O)C2CC2)C1. The van der Waals surface area contributed by atoms with Gasteiger partial charge in [0.1, 0.15) is 0 Å². The molecule has 102 valence electrons. The van der Waals surface area contributed by atoms with Gasteiger partial charge in [-0.1, -0.05) is 0 Å². The highest BCUT2D eigenvalue weighted by atomic mass is 32.2. The van der Waals surface area contributed by atoms with Gasteiger partial charge in [0.25, 0.3) is 0 Å². The third-order valence-electron chi connectivity index (χ3n) is 3.45. The van der Waals surface area contributed by atoms with Crippen molar-refractivity contribution in [2.45, 2.75) is 18.1 Å². The fourth-order valence-electron chi connectivity index (χ4n) is 2.07. The van der Waals surface area contributed by atoms with Crippen molar-refractivity contribution in [2.24, 2.45) is 5.92 Å². The van der Waals surface area contributed by atoms with Crippen LogP contribution < -0.4 is 5.32 Å². The molecule has 0 spiro atoms. The van der Waals surface area contributed by atoms with Gasteiger partial charge >= 0.3 is 0 Å². The van der Waals surface area contributed by atoms with E-state index in [4.69, 9.17) is 0 Å². The average molecular weight is 281 g/mol. The van der Waals surface area contributed by atoms with Crippen LogP contribution in [-0.4, -0.2) is 42.0 Å². The third kappa shape index (κ3) is 2.48. The summed E-state index contributed by atoms with van der Waals surface area (Å²) in [7, 11) is -3.13. The van der Waals surface area contributed by atoms with Crippen LogP contribution in [0.25, 0.3) is 0 Å². The molecule has 1 N–H and O–H groups in total. The first-order valence-corrected chi connectivity index (χ1v) is 7.77.